The van der Waals surface area contributed by atoms with Crippen molar-refractivity contribution in [3.8, 4) is 0 Å². The average Bonchev–Trinajstić information content (AvgIpc) is 1.85. The van der Waals surface area contributed by atoms with E-state index in [1.54, 1.807) is 7.11 Å². The predicted molar refractivity (Wildman–Crippen MR) is 37.4 cm³/mol. The lowest BCUT2D eigenvalue weighted by Gasteiger charge is -2.06. The van der Waals surface area contributed by atoms with E-state index in [1.165, 1.54) is 0 Å². The van der Waals surface area contributed by atoms with Crippen LogP contribution < -0.4 is 0 Å². The molecule has 0 saturated heterocycles. The molecule has 1 N–H and O–H groups in total. The molecule has 2 nitrogen and oxygen atoms in total. The Kier molecular flexibility index (Phi) is 5.99. The van der Waals surface area contributed by atoms with Gasteiger partial charge in [-0.3, -0.25) is 0 Å². The van der Waals surface area contributed by atoms with Crippen LogP contribution in [0.2, 0.25) is 0 Å². The van der Waals surface area contributed by atoms with Crippen LogP contribution >= 0.6 is 0 Å². The van der Waals surface area contributed by atoms with E-state index >= 15 is 0 Å². The number of ether oxygens (including phenoxy) is 1. The average molecular weight is 132 g/mol. The quantitative estimate of drug-likeness (QED) is 0.608. The molecule has 0 spiro atoms. The number of aliphatic hydroxyl groups is 1. The van der Waals surface area contributed by atoms with Gasteiger partial charge in [-0.25, -0.2) is 0 Å². The van der Waals surface area contributed by atoms with E-state index in [4.69, 9.17) is 9.84 Å². The minimum absolute atomic E-state index is 0.255. The van der Waals surface area contributed by atoms with Crippen molar-refractivity contribution >= 4 is 0 Å². The smallest absolute Gasteiger partial charge is 0.0773 e. The Balaban J connectivity index is 2.95. The van der Waals surface area contributed by atoms with Crippen molar-refractivity contribution in [3.05, 3.63) is 0 Å². The van der Waals surface area contributed by atoms with Gasteiger partial charge in [0.25, 0.3) is 0 Å². The maximum atomic E-state index is 9.06. The topological polar surface area (TPSA) is 29.5 Å². The second-order valence-electron chi connectivity index (χ2n) is 2.25. The standard InChI is InChI=1S/C7H16O2/c1-3-4-5-7(8)6-9-2/h7-8H,3-6H2,1-2H3. The molecule has 0 aliphatic heterocycles. The highest BCUT2D eigenvalue weighted by Gasteiger charge is 1.99. The lowest BCUT2D eigenvalue weighted by molar-refractivity contribution is 0.0579. The Morgan fingerprint density at radius 3 is 2.67 bits per heavy atom. The van der Waals surface area contributed by atoms with Crippen LogP contribution in [0.5, 0.6) is 0 Å². The van der Waals surface area contributed by atoms with E-state index in [-0.39, 0.29) is 6.10 Å². The van der Waals surface area contributed by atoms with Gasteiger partial charge in [-0.05, 0) is 6.42 Å². The summed E-state index contributed by atoms with van der Waals surface area (Å²) >= 11 is 0. The van der Waals surface area contributed by atoms with Crippen molar-refractivity contribution < 1.29 is 9.84 Å². The van der Waals surface area contributed by atoms with Gasteiger partial charge in [-0.2, -0.15) is 0 Å². The van der Waals surface area contributed by atoms with Gasteiger partial charge in [0.05, 0.1) is 12.7 Å². The molecular weight excluding hydrogens is 116 g/mol. The summed E-state index contributed by atoms with van der Waals surface area (Å²) in [5.74, 6) is 0. The highest BCUT2D eigenvalue weighted by atomic mass is 16.5. The van der Waals surface area contributed by atoms with Crippen LogP contribution in [0.3, 0.4) is 0 Å². The van der Waals surface area contributed by atoms with Crippen molar-refractivity contribution in [2.24, 2.45) is 0 Å². The highest BCUT2D eigenvalue weighted by molar-refractivity contribution is 4.51. The first-order chi connectivity index (χ1) is 4.31. The first-order valence-corrected chi connectivity index (χ1v) is 3.48. The monoisotopic (exact) mass is 132 g/mol. The zero-order valence-corrected chi connectivity index (χ0v) is 6.26. The largest absolute Gasteiger partial charge is 0.391 e. The fraction of sp³-hybridized carbons (Fsp3) is 1.00. The number of aliphatic hydroxyl groups excluding tert-OH is 1. The van der Waals surface area contributed by atoms with E-state index in [0.29, 0.717) is 6.61 Å². The van der Waals surface area contributed by atoms with Gasteiger partial charge in [-0.1, -0.05) is 19.8 Å². The Bertz CT molecular complexity index is 54.9. The van der Waals surface area contributed by atoms with E-state index in [1.807, 2.05) is 0 Å². The van der Waals surface area contributed by atoms with Gasteiger partial charge in [0.2, 0.25) is 0 Å². The molecule has 0 aromatic rings. The van der Waals surface area contributed by atoms with E-state index in [0.717, 1.165) is 19.3 Å². The second kappa shape index (κ2) is 6.05. The number of hydrogen-bond acceptors (Lipinski definition) is 2. The third kappa shape index (κ3) is 5.80. The van der Waals surface area contributed by atoms with E-state index < -0.39 is 0 Å². The predicted octanol–water partition coefficient (Wildman–Crippen LogP) is 1.18. The van der Waals surface area contributed by atoms with Gasteiger partial charge in [0.1, 0.15) is 0 Å². The van der Waals surface area contributed by atoms with Crippen LogP contribution in [0, 0.1) is 0 Å². The Hall–Kier alpha value is -0.0800. The molecule has 0 radical (unpaired) electrons. The number of hydrogen-bond donors (Lipinski definition) is 1. The zero-order chi connectivity index (χ0) is 7.11. The molecule has 0 saturated carbocycles. The van der Waals surface area contributed by atoms with Crippen LogP contribution in [-0.2, 0) is 4.74 Å². The summed E-state index contributed by atoms with van der Waals surface area (Å²) in [5.41, 5.74) is 0. The van der Waals surface area contributed by atoms with Gasteiger partial charge < -0.3 is 9.84 Å². The molecule has 0 bridgehead atoms. The molecule has 0 aromatic carbocycles. The summed E-state index contributed by atoms with van der Waals surface area (Å²) in [6.45, 7) is 2.58. The minimum Gasteiger partial charge on any atom is -0.391 e. The summed E-state index contributed by atoms with van der Waals surface area (Å²) in [4.78, 5) is 0. The minimum atomic E-state index is -0.255. The maximum Gasteiger partial charge on any atom is 0.0773 e. The molecule has 9 heavy (non-hydrogen) atoms. The molecule has 56 valence electrons. The number of rotatable bonds is 5. The molecule has 0 aliphatic rings. The van der Waals surface area contributed by atoms with Crippen molar-refractivity contribution in [3.63, 3.8) is 0 Å². The second-order valence-corrected chi connectivity index (χ2v) is 2.25. The lowest BCUT2D eigenvalue weighted by atomic mass is 10.2. The van der Waals surface area contributed by atoms with Gasteiger partial charge in [0, 0.05) is 7.11 Å². The molecule has 0 amide bonds. The SMILES string of the molecule is CCCCC(O)COC. The Labute approximate surface area is 56.8 Å². The Morgan fingerprint density at radius 1 is 1.56 bits per heavy atom. The number of methoxy groups -OCH3 is 1. The Morgan fingerprint density at radius 2 is 2.22 bits per heavy atom. The first-order valence-electron chi connectivity index (χ1n) is 3.48. The molecule has 0 rings (SSSR count). The van der Waals surface area contributed by atoms with Crippen LogP contribution in [0.15, 0.2) is 0 Å². The maximum absolute atomic E-state index is 9.06. The van der Waals surface area contributed by atoms with Crippen LogP contribution in [0.1, 0.15) is 26.2 Å². The zero-order valence-electron chi connectivity index (χ0n) is 6.26. The summed E-state index contributed by atoms with van der Waals surface area (Å²) in [7, 11) is 1.61. The van der Waals surface area contributed by atoms with Crippen LogP contribution in [0.4, 0.5) is 0 Å². The fourth-order valence-electron chi connectivity index (χ4n) is 0.715. The van der Waals surface area contributed by atoms with Gasteiger partial charge in [-0.15, -0.1) is 0 Å². The molecule has 0 aromatic heterocycles. The molecule has 0 fully saturated rings. The first kappa shape index (κ1) is 8.92. The lowest BCUT2D eigenvalue weighted by Crippen LogP contribution is -2.13. The van der Waals surface area contributed by atoms with E-state index in [9.17, 15) is 0 Å². The van der Waals surface area contributed by atoms with Crippen LogP contribution in [0.25, 0.3) is 0 Å². The van der Waals surface area contributed by atoms with Crippen molar-refractivity contribution in [1.29, 1.82) is 0 Å². The summed E-state index contributed by atoms with van der Waals surface area (Å²) in [5, 5.41) is 9.06. The molecule has 1 unspecified atom stereocenters. The van der Waals surface area contributed by atoms with Gasteiger partial charge >= 0.3 is 0 Å². The summed E-state index contributed by atoms with van der Waals surface area (Å²) in [6.07, 6.45) is 2.84. The van der Waals surface area contributed by atoms with Crippen molar-refractivity contribution in [1.82, 2.24) is 0 Å². The summed E-state index contributed by atoms with van der Waals surface area (Å²) < 4.78 is 4.75. The molecule has 0 heterocycles. The van der Waals surface area contributed by atoms with Crippen molar-refractivity contribution in [2.45, 2.75) is 32.3 Å². The van der Waals surface area contributed by atoms with E-state index in [2.05, 4.69) is 6.92 Å². The molecule has 1 atom stereocenters. The highest BCUT2D eigenvalue weighted by Crippen LogP contribution is 1.99. The fourth-order valence-corrected chi connectivity index (χ4v) is 0.715. The number of unbranched alkanes of at least 4 members (excludes halogenated alkanes) is 1. The van der Waals surface area contributed by atoms with Crippen molar-refractivity contribution in [2.75, 3.05) is 13.7 Å². The molecule has 0 aliphatic carbocycles. The third-order valence-electron chi connectivity index (χ3n) is 1.25. The molecule has 2 heteroatoms. The van der Waals surface area contributed by atoms with Gasteiger partial charge in [0.15, 0.2) is 0 Å². The van der Waals surface area contributed by atoms with Crippen LogP contribution in [-0.4, -0.2) is 24.9 Å². The normalized spacial score (nSPS) is 13.7. The summed E-state index contributed by atoms with van der Waals surface area (Å²) in [6, 6.07) is 0. The third-order valence-corrected chi connectivity index (χ3v) is 1.25. The molecular formula is C7H16O2.